The molecule has 102 valence electrons. The Balaban J connectivity index is 2.64. The van der Waals surface area contributed by atoms with Crippen molar-refractivity contribution in [1.82, 2.24) is 10.9 Å². The van der Waals surface area contributed by atoms with Crippen LogP contribution in [0.25, 0.3) is 0 Å². The fourth-order valence-corrected chi connectivity index (χ4v) is 1.42. The molecule has 0 amide bonds. The molecule has 1 rings (SSSR count). The van der Waals surface area contributed by atoms with Crippen LogP contribution < -0.4 is 20.7 Å². The summed E-state index contributed by atoms with van der Waals surface area (Å²) in [6.45, 7) is 3.49. The van der Waals surface area contributed by atoms with Crippen LogP contribution in [0.2, 0.25) is 0 Å². The molecule has 0 saturated heterocycles. The lowest BCUT2D eigenvalue weighted by Gasteiger charge is -2.25. The zero-order valence-corrected chi connectivity index (χ0v) is 10.6. The number of nitrogens with zero attached hydrogens (tertiary/aromatic N) is 1. The number of ether oxygens (including phenoxy) is 1. The predicted octanol–water partition coefficient (Wildman–Crippen LogP) is -0.114. The van der Waals surface area contributed by atoms with Crippen LogP contribution in [0.1, 0.15) is 6.92 Å². The molecule has 0 atom stereocenters. The summed E-state index contributed by atoms with van der Waals surface area (Å²) >= 11 is 0. The first-order chi connectivity index (χ1) is 8.81. The number of benzene rings is 1. The van der Waals surface area contributed by atoms with Gasteiger partial charge in [-0.05, 0) is 31.2 Å². The topological polar surface area (TPSA) is 77.0 Å². The van der Waals surface area contributed by atoms with Crippen LogP contribution in [0.4, 0.5) is 5.69 Å². The maximum absolute atomic E-state index is 8.82. The van der Waals surface area contributed by atoms with Crippen molar-refractivity contribution in [2.24, 2.45) is 0 Å². The van der Waals surface area contributed by atoms with E-state index in [1.54, 1.807) is 5.12 Å². The number of aliphatic hydroxyl groups is 2. The molecule has 0 aliphatic heterocycles. The van der Waals surface area contributed by atoms with Crippen molar-refractivity contribution in [1.29, 1.82) is 0 Å². The second-order valence-corrected chi connectivity index (χ2v) is 3.53. The van der Waals surface area contributed by atoms with Gasteiger partial charge < -0.3 is 14.9 Å². The molecule has 6 nitrogen and oxygen atoms in total. The van der Waals surface area contributed by atoms with Gasteiger partial charge in [0, 0.05) is 13.1 Å². The van der Waals surface area contributed by atoms with Crippen LogP contribution in [0.15, 0.2) is 24.3 Å². The van der Waals surface area contributed by atoms with E-state index in [-0.39, 0.29) is 13.2 Å². The summed E-state index contributed by atoms with van der Waals surface area (Å²) in [5.74, 6) is 0.811. The van der Waals surface area contributed by atoms with E-state index in [0.29, 0.717) is 19.7 Å². The Morgan fingerprint density at radius 3 is 2.06 bits per heavy atom. The minimum atomic E-state index is 0.0360. The molecule has 0 saturated carbocycles. The normalized spacial score (nSPS) is 10.4. The molecule has 1 aromatic rings. The van der Waals surface area contributed by atoms with Crippen LogP contribution >= 0.6 is 0 Å². The number of rotatable bonds is 9. The lowest BCUT2D eigenvalue weighted by Crippen LogP contribution is -2.50. The fraction of sp³-hybridized carbons (Fsp3) is 0.500. The highest BCUT2D eigenvalue weighted by Gasteiger charge is 2.05. The van der Waals surface area contributed by atoms with Crippen LogP contribution in [0.3, 0.4) is 0 Å². The van der Waals surface area contributed by atoms with Gasteiger partial charge >= 0.3 is 0 Å². The van der Waals surface area contributed by atoms with E-state index >= 15 is 0 Å². The van der Waals surface area contributed by atoms with E-state index < -0.39 is 0 Å². The van der Waals surface area contributed by atoms with E-state index in [9.17, 15) is 0 Å². The molecule has 0 fully saturated rings. The summed E-state index contributed by atoms with van der Waals surface area (Å²) in [7, 11) is 0. The summed E-state index contributed by atoms with van der Waals surface area (Å²) < 4.78 is 5.36. The molecule has 6 heteroatoms. The molecule has 1 aromatic carbocycles. The van der Waals surface area contributed by atoms with Gasteiger partial charge in [0.15, 0.2) is 0 Å². The van der Waals surface area contributed by atoms with Gasteiger partial charge in [-0.25, -0.2) is 16.0 Å². The van der Waals surface area contributed by atoms with E-state index in [1.807, 2.05) is 31.2 Å². The van der Waals surface area contributed by atoms with Crippen molar-refractivity contribution in [3.63, 3.8) is 0 Å². The molecule has 0 aliphatic rings. The Labute approximate surface area is 107 Å². The second-order valence-electron chi connectivity index (χ2n) is 3.53. The monoisotopic (exact) mass is 255 g/mol. The van der Waals surface area contributed by atoms with Gasteiger partial charge in [-0.1, -0.05) is 0 Å². The molecule has 0 aliphatic carbocycles. The molecule has 0 heterocycles. The highest BCUT2D eigenvalue weighted by atomic mass is 16.5. The molecule has 4 N–H and O–H groups in total. The summed E-state index contributed by atoms with van der Waals surface area (Å²) in [6, 6.07) is 7.51. The van der Waals surface area contributed by atoms with Crippen molar-refractivity contribution in [2.75, 3.05) is 38.0 Å². The largest absolute Gasteiger partial charge is 0.494 e. The van der Waals surface area contributed by atoms with Crippen molar-refractivity contribution < 1.29 is 14.9 Å². The van der Waals surface area contributed by atoms with Crippen LogP contribution in [-0.4, -0.2) is 43.1 Å². The Bertz CT molecular complexity index is 311. The van der Waals surface area contributed by atoms with Gasteiger partial charge in [-0.15, -0.1) is 0 Å². The summed E-state index contributed by atoms with van der Waals surface area (Å²) in [4.78, 5) is 0. The first kappa shape index (κ1) is 14.7. The highest BCUT2D eigenvalue weighted by Crippen LogP contribution is 2.17. The number of hydrogen-bond acceptors (Lipinski definition) is 6. The third-order valence-corrected chi connectivity index (χ3v) is 2.17. The van der Waals surface area contributed by atoms with E-state index in [1.165, 1.54) is 0 Å². The molecular formula is C12H21N3O3. The van der Waals surface area contributed by atoms with Gasteiger partial charge in [-0.3, -0.25) is 0 Å². The number of hydrogen-bond donors (Lipinski definition) is 4. The molecule has 0 spiro atoms. The van der Waals surface area contributed by atoms with E-state index in [4.69, 9.17) is 14.9 Å². The van der Waals surface area contributed by atoms with Crippen molar-refractivity contribution in [3.05, 3.63) is 24.3 Å². The van der Waals surface area contributed by atoms with Crippen molar-refractivity contribution in [2.45, 2.75) is 6.92 Å². The van der Waals surface area contributed by atoms with Gasteiger partial charge in [0.2, 0.25) is 0 Å². The molecular weight excluding hydrogens is 234 g/mol. The average molecular weight is 255 g/mol. The number of anilines is 1. The number of hydrazine groups is 2. The highest BCUT2D eigenvalue weighted by molar-refractivity contribution is 5.47. The number of nitrogens with one attached hydrogen (secondary N) is 2. The zero-order chi connectivity index (χ0) is 13.2. The lowest BCUT2D eigenvalue weighted by molar-refractivity contribution is 0.272. The second kappa shape index (κ2) is 8.71. The summed E-state index contributed by atoms with van der Waals surface area (Å²) in [5.41, 5.74) is 6.86. The standard InChI is InChI=1S/C12H21N3O3/c1-2-18-12-5-3-11(4-6-12)15(13-7-9-16)14-8-10-17/h3-6,13-14,16-17H,2,7-10H2,1H3. The lowest BCUT2D eigenvalue weighted by atomic mass is 10.3. The minimum Gasteiger partial charge on any atom is -0.494 e. The van der Waals surface area contributed by atoms with Gasteiger partial charge in [0.1, 0.15) is 5.75 Å². The smallest absolute Gasteiger partial charge is 0.119 e. The SMILES string of the molecule is CCOc1ccc(N(NCCO)NCCO)cc1. The molecule has 0 bridgehead atoms. The van der Waals surface area contributed by atoms with Gasteiger partial charge in [-0.2, -0.15) is 0 Å². The third kappa shape index (κ3) is 4.89. The van der Waals surface area contributed by atoms with Crippen LogP contribution in [0.5, 0.6) is 5.75 Å². The molecule has 0 unspecified atom stereocenters. The summed E-state index contributed by atoms with van der Waals surface area (Å²) in [5, 5.41) is 19.3. The molecule has 18 heavy (non-hydrogen) atoms. The van der Waals surface area contributed by atoms with Gasteiger partial charge in [0.25, 0.3) is 0 Å². The predicted molar refractivity (Wildman–Crippen MR) is 70.3 cm³/mol. The Morgan fingerprint density at radius 2 is 1.61 bits per heavy atom. The third-order valence-electron chi connectivity index (χ3n) is 2.17. The van der Waals surface area contributed by atoms with Crippen molar-refractivity contribution in [3.8, 4) is 5.75 Å². The van der Waals surface area contributed by atoms with E-state index in [0.717, 1.165) is 11.4 Å². The Kier molecular flexibility index (Phi) is 7.12. The van der Waals surface area contributed by atoms with Crippen molar-refractivity contribution >= 4 is 5.69 Å². The van der Waals surface area contributed by atoms with E-state index in [2.05, 4.69) is 10.9 Å². The molecule has 0 radical (unpaired) electrons. The quantitative estimate of drug-likeness (QED) is 0.461. The number of aliphatic hydroxyl groups excluding tert-OH is 2. The fourth-order valence-electron chi connectivity index (χ4n) is 1.42. The van der Waals surface area contributed by atoms with Crippen LogP contribution in [-0.2, 0) is 0 Å². The maximum Gasteiger partial charge on any atom is 0.119 e. The minimum absolute atomic E-state index is 0.0360. The summed E-state index contributed by atoms with van der Waals surface area (Å²) in [6.07, 6.45) is 0. The zero-order valence-electron chi connectivity index (χ0n) is 10.6. The Morgan fingerprint density at radius 1 is 1.06 bits per heavy atom. The first-order valence-corrected chi connectivity index (χ1v) is 6.03. The first-order valence-electron chi connectivity index (χ1n) is 6.03. The Hall–Kier alpha value is -1.34. The molecule has 0 aromatic heterocycles. The maximum atomic E-state index is 8.82. The van der Waals surface area contributed by atoms with Gasteiger partial charge in [0.05, 0.1) is 25.5 Å². The average Bonchev–Trinajstić information content (AvgIpc) is 2.41. The van der Waals surface area contributed by atoms with Crippen LogP contribution in [0, 0.1) is 0 Å².